The van der Waals surface area contributed by atoms with E-state index in [2.05, 4.69) is 27.9 Å². The Labute approximate surface area is 138 Å². The van der Waals surface area contributed by atoms with Crippen molar-refractivity contribution in [1.29, 1.82) is 0 Å². The Bertz CT molecular complexity index is 575. The second-order valence-electron chi connectivity index (χ2n) is 6.56. The van der Waals surface area contributed by atoms with E-state index in [9.17, 15) is 4.79 Å². The number of nitrogens with one attached hydrogen (secondary N) is 1. The number of carbonyl (C=O) groups is 1. The van der Waals surface area contributed by atoms with E-state index in [4.69, 9.17) is 10.5 Å². The maximum absolute atomic E-state index is 12.8. The van der Waals surface area contributed by atoms with Crippen molar-refractivity contribution in [2.45, 2.75) is 38.3 Å². The Balaban J connectivity index is 1.85. The maximum atomic E-state index is 12.8. The SMILES string of the molecule is CC1(C)C2OCCCC2C1(N)C(=O)Nc1ccccc1I. The van der Waals surface area contributed by atoms with Gasteiger partial charge in [0.15, 0.2) is 0 Å². The molecule has 2 aliphatic rings. The van der Waals surface area contributed by atoms with E-state index in [1.54, 1.807) is 0 Å². The second-order valence-corrected chi connectivity index (χ2v) is 7.73. The number of nitrogens with two attached hydrogens (primary N) is 1. The van der Waals surface area contributed by atoms with Crippen LogP contribution in [0, 0.1) is 14.9 Å². The van der Waals surface area contributed by atoms with E-state index in [-0.39, 0.29) is 23.3 Å². The number of hydrogen-bond donors (Lipinski definition) is 2. The fourth-order valence-corrected chi connectivity index (χ4v) is 4.35. The fourth-order valence-electron chi connectivity index (χ4n) is 3.83. The third-order valence-corrected chi connectivity index (χ3v) is 6.12. The number of amides is 1. The van der Waals surface area contributed by atoms with Crippen molar-refractivity contribution in [3.63, 3.8) is 0 Å². The molecule has 1 aliphatic heterocycles. The van der Waals surface area contributed by atoms with Gasteiger partial charge in [-0.2, -0.15) is 0 Å². The molecule has 1 aromatic carbocycles. The molecule has 3 N–H and O–H groups in total. The monoisotopic (exact) mass is 400 g/mol. The minimum absolute atomic E-state index is 0.0941. The quantitative estimate of drug-likeness (QED) is 0.751. The molecule has 0 spiro atoms. The summed E-state index contributed by atoms with van der Waals surface area (Å²) < 4.78 is 6.86. The van der Waals surface area contributed by atoms with Crippen LogP contribution < -0.4 is 11.1 Å². The van der Waals surface area contributed by atoms with E-state index < -0.39 is 5.54 Å². The molecule has 3 atom stereocenters. The number of fused-ring (bicyclic) bond motifs is 1. The molecular formula is C16H21IN2O2. The summed E-state index contributed by atoms with van der Waals surface area (Å²) in [5, 5.41) is 3.01. The Morgan fingerprint density at radius 1 is 1.43 bits per heavy atom. The zero-order valence-electron chi connectivity index (χ0n) is 12.4. The van der Waals surface area contributed by atoms with Crippen molar-refractivity contribution in [2.75, 3.05) is 11.9 Å². The van der Waals surface area contributed by atoms with E-state index in [0.29, 0.717) is 0 Å². The zero-order valence-corrected chi connectivity index (χ0v) is 14.5. The minimum Gasteiger partial charge on any atom is -0.377 e. The number of carbonyl (C=O) groups excluding carboxylic acids is 1. The lowest BCUT2D eigenvalue weighted by Crippen LogP contribution is -2.81. The molecule has 2 fully saturated rings. The van der Waals surface area contributed by atoms with E-state index >= 15 is 0 Å². The van der Waals surface area contributed by atoms with Gasteiger partial charge in [-0.1, -0.05) is 26.0 Å². The molecule has 1 saturated carbocycles. The normalized spacial score (nSPS) is 33.7. The van der Waals surface area contributed by atoms with Gasteiger partial charge in [0.05, 0.1) is 11.8 Å². The summed E-state index contributed by atoms with van der Waals surface area (Å²) >= 11 is 2.22. The third kappa shape index (κ3) is 2.12. The van der Waals surface area contributed by atoms with Crippen molar-refractivity contribution >= 4 is 34.2 Å². The van der Waals surface area contributed by atoms with Crippen molar-refractivity contribution in [2.24, 2.45) is 17.1 Å². The number of para-hydroxylation sites is 1. The molecule has 0 aromatic heterocycles. The van der Waals surface area contributed by atoms with Gasteiger partial charge in [-0.15, -0.1) is 0 Å². The van der Waals surface area contributed by atoms with Crippen LogP contribution in [0.3, 0.4) is 0 Å². The molecule has 0 radical (unpaired) electrons. The maximum Gasteiger partial charge on any atom is 0.245 e. The predicted octanol–water partition coefficient (Wildman–Crippen LogP) is 2.76. The van der Waals surface area contributed by atoms with Crippen LogP contribution in [0.4, 0.5) is 5.69 Å². The molecule has 1 heterocycles. The Kier molecular flexibility index (Phi) is 3.78. The summed E-state index contributed by atoms with van der Waals surface area (Å²) in [5.41, 5.74) is 6.20. The largest absolute Gasteiger partial charge is 0.377 e. The number of hydrogen-bond acceptors (Lipinski definition) is 3. The molecular weight excluding hydrogens is 379 g/mol. The number of anilines is 1. The first-order valence-electron chi connectivity index (χ1n) is 7.35. The average Bonchev–Trinajstić information content (AvgIpc) is 2.48. The van der Waals surface area contributed by atoms with E-state index in [0.717, 1.165) is 28.7 Å². The topological polar surface area (TPSA) is 64.3 Å². The molecule has 114 valence electrons. The van der Waals surface area contributed by atoms with Crippen LogP contribution in [0.15, 0.2) is 24.3 Å². The van der Waals surface area contributed by atoms with Crippen LogP contribution in [0.25, 0.3) is 0 Å². The Morgan fingerprint density at radius 2 is 2.14 bits per heavy atom. The molecule has 1 saturated heterocycles. The smallest absolute Gasteiger partial charge is 0.245 e. The minimum atomic E-state index is -0.864. The lowest BCUT2D eigenvalue weighted by atomic mass is 9.46. The van der Waals surface area contributed by atoms with Gasteiger partial charge >= 0.3 is 0 Å². The van der Waals surface area contributed by atoms with Crippen LogP contribution in [0.1, 0.15) is 26.7 Å². The lowest BCUT2D eigenvalue weighted by molar-refractivity contribution is -0.222. The zero-order chi connectivity index (χ0) is 15.3. The molecule has 1 amide bonds. The summed E-state index contributed by atoms with van der Waals surface area (Å²) in [6.45, 7) is 4.85. The molecule has 1 aliphatic carbocycles. The molecule has 1 aromatic rings. The van der Waals surface area contributed by atoms with Crippen molar-refractivity contribution in [3.05, 3.63) is 27.8 Å². The first-order valence-corrected chi connectivity index (χ1v) is 8.43. The van der Waals surface area contributed by atoms with Gasteiger partial charge in [-0.25, -0.2) is 0 Å². The third-order valence-electron chi connectivity index (χ3n) is 5.18. The van der Waals surface area contributed by atoms with Gasteiger partial charge in [0, 0.05) is 21.5 Å². The lowest BCUT2D eigenvalue weighted by Gasteiger charge is -2.65. The standard InChI is InChI=1S/C16H21IN2O2/c1-15(2)13-10(6-5-9-21-13)16(15,18)14(20)19-12-8-4-3-7-11(12)17/h3-4,7-8,10,13H,5-6,9,18H2,1-2H3,(H,19,20). The first kappa shape index (κ1) is 15.2. The van der Waals surface area contributed by atoms with Gasteiger partial charge in [0.1, 0.15) is 5.54 Å². The highest BCUT2D eigenvalue weighted by molar-refractivity contribution is 14.1. The number of halogens is 1. The number of benzene rings is 1. The van der Waals surface area contributed by atoms with Crippen LogP contribution in [0.2, 0.25) is 0 Å². The second kappa shape index (κ2) is 5.21. The van der Waals surface area contributed by atoms with Crippen LogP contribution in [0.5, 0.6) is 0 Å². The fraction of sp³-hybridized carbons (Fsp3) is 0.562. The number of rotatable bonds is 2. The van der Waals surface area contributed by atoms with Crippen molar-refractivity contribution in [1.82, 2.24) is 0 Å². The highest BCUT2D eigenvalue weighted by Gasteiger charge is 2.70. The average molecular weight is 400 g/mol. The summed E-state index contributed by atoms with van der Waals surface area (Å²) in [5.74, 6) is 0.0194. The Hall–Kier alpha value is -0.660. The van der Waals surface area contributed by atoms with E-state index in [1.165, 1.54) is 0 Å². The van der Waals surface area contributed by atoms with Crippen LogP contribution in [-0.2, 0) is 9.53 Å². The van der Waals surface area contributed by atoms with Crippen LogP contribution >= 0.6 is 22.6 Å². The van der Waals surface area contributed by atoms with Crippen LogP contribution in [-0.4, -0.2) is 24.2 Å². The number of ether oxygens (including phenoxy) is 1. The summed E-state index contributed by atoms with van der Waals surface area (Å²) in [4.78, 5) is 12.8. The predicted molar refractivity (Wildman–Crippen MR) is 91.0 cm³/mol. The summed E-state index contributed by atoms with van der Waals surface area (Å²) in [6, 6.07) is 7.74. The molecule has 3 rings (SSSR count). The van der Waals surface area contributed by atoms with Crippen molar-refractivity contribution < 1.29 is 9.53 Å². The molecule has 3 unspecified atom stereocenters. The summed E-state index contributed by atoms with van der Waals surface area (Å²) in [7, 11) is 0. The molecule has 5 heteroatoms. The highest BCUT2D eigenvalue weighted by Crippen LogP contribution is 2.57. The summed E-state index contributed by atoms with van der Waals surface area (Å²) in [6.07, 6.45) is 2.04. The highest BCUT2D eigenvalue weighted by atomic mass is 127. The van der Waals surface area contributed by atoms with Gasteiger partial charge in [-0.05, 0) is 47.6 Å². The van der Waals surface area contributed by atoms with Gasteiger partial charge in [0.25, 0.3) is 0 Å². The van der Waals surface area contributed by atoms with Gasteiger partial charge < -0.3 is 15.8 Å². The van der Waals surface area contributed by atoms with E-state index in [1.807, 2.05) is 38.1 Å². The molecule has 0 bridgehead atoms. The van der Waals surface area contributed by atoms with Crippen molar-refractivity contribution in [3.8, 4) is 0 Å². The first-order chi connectivity index (χ1) is 9.89. The van der Waals surface area contributed by atoms with Gasteiger partial charge in [-0.3, -0.25) is 4.79 Å². The molecule has 4 nitrogen and oxygen atoms in total. The van der Waals surface area contributed by atoms with Gasteiger partial charge in [0.2, 0.25) is 5.91 Å². The molecule has 21 heavy (non-hydrogen) atoms. The Morgan fingerprint density at radius 3 is 2.86 bits per heavy atom.